The maximum Gasteiger partial charge on any atom is 0.330 e. The molecule has 4 rings (SSSR count). The van der Waals surface area contributed by atoms with Gasteiger partial charge in [-0.15, -0.1) is 0 Å². The number of rotatable bonds is 3. The summed E-state index contributed by atoms with van der Waals surface area (Å²) in [4.78, 5) is 25.3. The monoisotopic (exact) mass is 353 g/mol. The summed E-state index contributed by atoms with van der Waals surface area (Å²) in [6.07, 6.45) is 4.13. The third-order valence-corrected chi connectivity index (χ3v) is 5.26. The highest BCUT2D eigenvalue weighted by molar-refractivity contribution is 5.93. The minimum atomic E-state index is -0.313. The molecular formula is C20H23N3O3. The summed E-state index contributed by atoms with van der Waals surface area (Å²) >= 11 is 0. The highest BCUT2D eigenvalue weighted by Crippen LogP contribution is 2.29. The van der Waals surface area contributed by atoms with Gasteiger partial charge < -0.3 is 9.30 Å². The number of hydrogen-bond acceptors (Lipinski definition) is 3. The molecule has 0 radical (unpaired) electrons. The minimum absolute atomic E-state index is 0.141. The molecule has 1 fully saturated rings. The lowest BCUT2D eigenvalue weighted by Crippen LogP contribution is -2.36. The minimum Gasteiger partial charge on any atom is -0.376 e. The van der Waals surface area contributed by atoms with Gasteiger partial charge in [0.15, 0.2) is 0 Å². The van der Waals surface area contributed by atoms with E-state index in [1.165, 1.54) is 11.6 Å². The Kier molecular flexibility index (Phi) is 4.07. The van der Waals surface area contributed by atoms with Crippen molar-refractivity contribution < 1.29 is 4.74 Å². The predicted molar refractivity (Wildman–Crippen MR) is 102 cm³/mol. The Labute approximate surface area is 151 Å². The Morgan fingerprint density at radius 1 is 1.12 bits per heavy atom. The number of ether oxygens (including phenoxy) is 1. The number of hydrogen-bond donors (Lipinski definition) is 0. The zero-order valence-corrected chi connectivity index (χ0v) is 15.4. The van der Waals surface area contributed by atoms with E-state index in [1.54, 1.807) is 11.6 Å². The first-order valence-corrected chi connectivity index (χ1v) is 8.95. The quantitative estimate of drug-likeness (QED) is 0.725. The molecule has 0 bridgehead atoms. The Morgan fingerprint density at radius 3 is 2.50 bits per heavy atom. The molecule has 3 aromatic rings. The highest BCUT2D eigenvalue weighted by Gasteiger charge is 2.22. The normalized spacial score (nSPS) is 17.3. The van der Waals surface area contributed by atoms with Gasteiger partial charge >= 0.3 is 5.69 Å². The SMILES string of the molecule is Cc1ccc(-c2c3c(=O)n(C)c(=O)n(C)c3cn2C[C@@H]2CCCO2)cc1. The molecule has 1 saturated heterocycles. The van der Waals surface area contributed by atoms with E-state index in [2.05, 4.69) is 4.57 Å². The molecule has 6 heteroatoms. The van der Waals surface area contributed by atoms with Crippen molar-refractivity contribution in [3.63, 3.8) is 0 Å². The van der Waals surface area contributed by atoms with Crippen LogP contribution in [0.2, 0.25) is 0 Å². The van der Waals surface area contributed by atoms with E-state index < -0.39 is 0 Å². The maximum atomic E-state index is 12.9. The van der Waals surface area contributed by atoms with Gasteiger partial charge in [-0.25, -0.2) is 4.79 Å². The molecule has 0 unspecified atom stereocenters. The molecule has 3 heterocycles. The Bertz CT molecular complexity index is 1080. The van der Waals surface area contributed by atoms with Gasteiger partial charge in [0.2, 0.25) is 0 Å². The van der Waals surface area contributed by atoms with Crippen molar-refractivity contribution in [2.45, 2.75) is 32.4 Å². The van der Waals surface area contributed by atoms with Crippen LogP contribution in [-0.2, 0) is 25.4 Å². The zero-order valence-electron chi connectivity index (χ0n) is 15.4. The van der Waals surface area contributed by atoms with Gasteiger partial charge in [0.1, 0.15) is 0 Å². The molecule has 1 aliphatic rings. The maximum absolute atomic E-state index is 12.9. The van der Waals surface area contributed by atoms with Crippen molar-refractivity contribution in [3.8, 4) is 11.3 Å². The average Bonchev–Trinajstić information content (AvgIpc) is 3.27. The fraction of sp³-hybridized carbons (Fsp3) is 0.400. The highest BCUT2D eigenvalue weighted by atomic mass is 16.5. The summed E-state index contributed by atoms with van der Waals surface area (Å²) in [7, 11) is 3.24. The van der Waals surface area contributed by atoms with Crippen LogP contribution >= 0.6 is 0 Å². The van der Waals surface area contributed by atoms with Crippen LogP contribution in [-0.4, -0.2) is 26.4 Å². The second kappa shape index (κ2) is 6.29. The number of nitrogens with zero attached hydrogens (tertiary/aromatic N) is 3. The third kappa shape index (κ3) is 2.61. The van der Waals surface area contributed by atoms with Crippen molar-refractivity contribution in [2.24, 2.45) is 14.1 Å². The lowest BCUT2D eigenvalue weighted by Gasteiger charge is -2.14. The molecule has 2 aromatic heterocycles. The van der Waals surface area contributed by atoms with Crippen LogP contribution in [0.15, 0.2) is 40.1 Å². The largest absolute Gasteiger partial charge is 0.376 e. The van der Waals surface area contributed by atoms with Crippen LogP contribution in [0, 0.1) is 6.92 Å². The molecule has 0 spiro atoms. The van der Waals surface area contributed by atoms with Gasteiger partial charge in [0, 0.05) is 33.4 Å². The summed E-state index contributed by atoms with van der Waals surface area (Å²) in [6, 6.07) is 8.13. The molecule has 136 valence electrons. The Balaban J connectivity index is 2.02. The van der Waals surface area contributed by atoms with Gasteiger partial charge in [-0.3, -0.25) is 13.9 Å². The van der Waals surface area contributed by atoms with Crippen LogP contribution in [0.5, 0.6) is 0 Å². The first-order chi connectivity index (χ1) is 12.5. The molecule has 0 N–H and O–H groups in total. The van der Waals surface area contributed by atoms with Crippen molar-refractivity contribution in [1.82, 2.24) is 13.7 Å². The molecule has 0 aliphatic carbocycles. The second-order valence-corrected chi connectivity index (χ2v) is 7.10. The van der Waals surface area contributed by atoms with Crippen LogP contribution in [0.4, 0.5) is 0 Å². The van der Waals surface area contributed by atoms with Crippen LogP contribution in [0.25, 0.3) is 22.2 Å². The first kappa shape index (κ1) is 16.8. The van der Waals surface area contributed by atoms with Gasteiger partial charge in [-0.05, 0) is 25.3 Å². The summed E-state index contributed by atoms with van der Waals surface area (Å²) < 4.78 is 10.6. The van der Waals surface area contributed by atoms with Crippen molar-refractivity contribution >= 4 is 10.9 Å². The van der Waals surface area contributed by atoms with Crippen molar-refractivity contribution in [2.75, 3.05) is 6.61 Å². The number of benzene rings is 1. The molecular weight excluding hydrogens is 330 g/mol. The van der Waals surface area contributed by atoms with E-state index in [4.69, 9.17) is 4.74 Å². The van der Waals surface area contributed by atoms with Crippen LogP contribution < -0.4 is 11.2 Å². The van der Waals surface area contributed by atoms with Crippen molar-refractivity contribution in [1.29, 1.82) is 0 Å². The van der Waals surface area contributed by atoms with Crippen LogP contribution in [0.3, 0.4) is 0 Å². The van der Waals surface area contributed by atoms with E-state index in [1.807, 2.05) is 37.4 Å². The molecule has 1 atom stereocenters. The predicted octanol–water partition coefficient (Wildman–Crippen LogP) is 2.19. The van der Waals surface area contributed by atoms with E-state index >= 15 is 0 Å². The van der Waals surface area contributed by atoms with Gasteiger partial charge in [-0.2, -0.15) is 0 Å². The first-order valence-electron chi connectivity index (χ1n) is 8.95. The van der Waals surface area contributed by atoms with E-state index in [9.17, 15) is 9.59 Å². The average molecular weight is 353 g/mol. The van der Waals surface area contributed by atoms with Gasteiger partial charge in [-0.1, -0.05) is 29.8 Å². The fourth-order valence-electron chi connectivity index (χ4n) is 3.76. The number of aryl methyl sites for hydroxylation is 2. The van der Waals surface area contributed by atoms with E-state index in [0.717, 1.165) is 36.3 Å². The summed E-state index contributed by atoms with van der Waals surface area (Å²) in [5.74, 6) is 0. The number of fused-ring (bicyclic) bond motifs is 1. The smallest absolute Gasteiger partial charge is 0.330 e. The molecule has 6 nitrogen and oxygen atoms in total. The van der Waals surface area contributed by atoms with E-state index in [-0.39, 0.29) is 17.4 Å². The summed E-state index contributed by atoms with van der Waals surface area (Å²) in [6.45, 7) is 3.50. The summed E-state index contributed by atoms with van der Waals surface area (Å²) in [5, 5.41) is 0.580. The molecule has 1 aromatic carbocycles. The Morgan fingerprint density at radius 2 is 1.85 bits per heavy atom. The molecule has 0 saturated carbocycles. The van der Waals surface area contributed by atoms with Crippen molar-refractivity contribution in [3.05, 3.63) is 56.9 Å². The summed E-state index contributed by atoms with van der Waals surface area (Å²) in [5.41, 5.74) is 3.07. The van der Waals surface area contributed by atoms with Gasteiger partial charge in [0.05, 0.1) is 22.7 Å². The molecule has 0 amide bonds. The van der Waals surface area contributed by atoms with E-state index in [0.29, 0.717) is 17.4 Å². The Hall–Kier alpha value is -2.60. The fourth-order valence-corrected chi connectivity index (χ4v) is 3.76. The topological polar surface area (TPSA) is 58.2 Å². The lowest BCUT2D eigenvalue weighted by atomic mass is 10.1. The third-order valence-electron chi connectivity index (χ3n) is 5.26. The lowest BCUT2D eigenvalue weighted by molar-refractivity contribution is 0.0975. The standard InChI is InChI=1S/C20H23N3O3/c1-13-6-8-14(9-7-13)18-17-16(21(2)20(25)22(3)19(17)24)12-23(18)11-15-5-4-10-26-15/h6-9,12,15H,4-5,10-11H2,1-3H3/t15-/m0/s1. The van der Waals surface area contributed by atoms with Crippen LogP contribution in [0.1, 0.15) is 18.4 Å². The number of aromatic nitrogens is 3. The molecule has 26 heavy (non-hydrogen) atoms. The zero-order chi connectivity index (χ0) is 18.4. The second-order valence-electron chi connectivity index (χ2n) is 7.10. The molecule has 1 aliphatic heterocycles. The van der Waals surface area contributed by atoms with Gasteiger partial charge in [0.25, 0.3) is 5.56 Å².